The van der Waals surface area contributed by atoms with Gasteiger partial charge in [-0.2, -0.15) is 0 Å². The highest BCUT2D eigenvalue weighted by atomic mass is 79.9. The van der Waals surface area contributed by atoms with Gasteiger partial charge in [0.1, 0.15) is 10.3 Å². The molecule has 0 amide bonds. The number of aromatic nitrogens is 2. The minimum Gasteiger partial charge on any atom is -0.330 e. The Bertz CT molecular complexity index is 625. The first-order valence-corrected chi connectivity index (χ1v) is 6.95. The van der Waals surface area contributed by atoms with Crippen LogP contribution in [-0.2, 0) is 13.0 Å². The normalized spacial score (nSPS) is 12.3. The fraction of sp³-hybridized carbons (Fsp3) is 0.308. The Labute approximate surface area is 124 Å². The van der Waals surface area contributed by atoms with E-state index in [1.165, 1.54) is 6.07 Å². The van der Waals surface area contributed by atoms with E-state index in [0.717, 1.165) is 11.4 Å². The Hall–Kier alpha value is -1.73. The first-order valence-electron chi connectivity index (χ1n) is 6.16. The Morgan fingerprint density at radius 2 is 2.30 bits per heavy atom. The highest BCUT2D eigenvalue weighted by molar-refractivity contribution is 9.10. The third-order valence-electron chi connectivity index (χ3n) is 2.90. The van der Waals surface area contributed by atoms with Crippen LogP contribution in [0.25, 0.3) is 0 Å². The van der Waals surface area contributed by atoms with Crippen molar-refractivity contribution < 1.29 is 4.92 Å². The van der Waals surface area contributed by atoms with Gasteiger partial charge < -0.3 is 10.3 Å². The van der Waals surface area contributed by atoms with Crippen molar-refractivity contribution in [1.29, 1.82) is 0 Å². The highest BCUT2D eigenvalue weighted by Crippen LogP contribution is 2.28. The van der Waals surface area contributed by atoms with Gasteiger partial charge in [-0.15, -0.1) is 0 Å². The molecule has 106 valence electrons. The van der Waals surface area contributed by atoms with Gasteiger partial charge in [-0.1, -0.05) is 12.1 Å². The molecular formula is C13H15BrN4O2. The fourth-order valence-electron chi connectivity index (χ4n) is 1.97. The Kier molecular flexibility index (Phi) is 4.51. The maximum Gasteiger partial charge on any atom is 0.283 e. The van der Waals surface area contributed by atoms with E-state index in [1.807, 2.05) is 23.8 Å². The molecular weight excluding hydrogens is 324 g/mol. The van der Waals surface area contributed by atoms with Crippen molar-refractivity contribution in [1.82, 2.24) is 9.55 Å². The van der Waals surface area contributed by atoms with Crippen LogP contribution in [0.5, 0.6) is 0 Å². The summed E-state index contributed by atoms with van der Waals surface area (Å²) in [6.07, 6.45) is 4.23. The van der Waals surface area contributed by atoms with Crippen LogP contribution in [0.4, 0.5) is 5.69 Å². The number of nitrogens with two attached hydrogens (primary N) is 1. The quantitative estimate of drug-likeness (QED) is 0.670. The van der Waals surface area contributed by atoms with E-state index in [-0.39, 0.29) is 11.7 Å². The molecule has 0 aliphatic heterocycles. The van der Waals surface area contributed by atoms with Crippen LogP contribution in [0.1, 0.15) is 18.3 Å². The van der Waals surface area contributed by atoms with Crippen LogP contribution in [0.2, 0.25) is 0 Å². The van der Waals surface area contributed by atoms with Crippen LogP contribution in [0.3, 0.4) is 0 Å². The van der Waals surface area contributed by atoms with E-state index < -0.39 is 4.92 Å². The molecule has 0 fully saturated rings. The molecule has 20 heavy (non-hydrogen) atoms. The van der Waals surface area contributed by atoms with E-state index in [0.29, 0.717) is 17.4 Å². The molecule has 1 aromatic carbocycles. The lowest BCUT2D eigenvalue weighted by Crippen LogP contribution is -2.20. The molecule has 0 aliphatic rings. The van der Waals surface area contributed by atoms with Crippen LogP contribution in [0, 0.1) is 10.1 Å². The summed E-state index contributed by atoms with van der Waals surface area (Å²) in [5.41, 5.74) is 6.69. The van der Waals surface area contributed by atoms with Gasteiger partial charge >= 0.3 is 0 Å². The zero-order chi connectivity index (χ0) is 14.7. The van der Waals surface area contributed by atoms with E-state index in [2.05, 4.69) is 20.9 Å². The molecule has 2 rings (SSSR count). The van der Waals surface area contributed by atoms with Gasteiger partial charge in [0.05, 0.1) is 11.5 Å². The molecule has 2 aromatic rings. The van der Waals surface area contributed by atoms with Crippen molar-refractivity contribution in [3.8, 4) is 0 Å². The van der Waals surface area contributed by atoms with Crippen LogP contribution in [-0.4, -0.2) is 20.5 Å². The number of rotatable bonds is 5. The van der Waals surface area contributed by atoms with E-state index in [9.17, 15) is 10.1 Å². The number of imidazole rings is 1. The lowest BCUT2D eigenvalue weighted by Gasteiger charge is -2.11. The van der Waals surface area contributed by atoms with Gasteiger partial charge in [0.2, 0.25) is 0 Å². The maximum absolute atomic E-state index is 10.9. The van der Waals surface area contributed by atoms with Crippen LogP contribution in [0.15, 0.2) is 35.1 Å². The summed E-state index contributed by atoms with van der Waals surface area (Å²) in [6, 6.07) is 5.03. The van der Waals surface area contributed by atoms with Crippen molar-refractivity contribution in [2.24, 2.45) is 5.73 Å². The van der Waals surface area contributed by atoms with E-state index in [1.54, 1.807) is 12.3 Å². The molecule has 1 atom stereocenters. The van der Waals surface area contributed by atoms with Gasteiger partial charge in [0.15, 0.2) is 0 Å². The second kappa shape index (κ2) is 6.15. The lowest BCUT2D eigenvalue weighted by atomic mass is 10.2. The largest absolute Gasteiger partial charge is 0.330 e. The molecule has 0 aliphatic carbocycles. The van der Waals surface area contributed by atoms with Gasteiger partial charge in [0, 0.05) is 30.9 Å². The molecule has 7 heteroatoms. The summed E-state index contributed by atoms with van der Waals surface area (Å²) >= 11 is 3.30. The van der Waals surface area contributed by atoms with Gasteiger partial charge in [-0.05, 0) is 28.4 Å². The van der Waals surface area contributed by atoms with Gasteiger partial charge in [-0.25, -0.2) is 4.98 Å². The SMILES string of the molecule is CC(N)Cc1nccn1Cc1cccc([N+](=O)[O-])c1Br. The standard InChI is InChI=1S/C13H15BrN4O2/c1-9(15)7-12-16-5-6-17(12)8-10-3-2-4-11(13(10)14)18(19)20/h2-6,9H,7-8,15H2,1H3. The Balaban J connectivity index is 2.29. The average Bonchev–Trinajstić information content (AvgIpc) is 2.78. The zero-order valence-electron chi connectivity index (χ0n) is 11.0. The van der Waals surface area contributed by atoms with Crippen LogP contribution >= 0.6 is 15.9 Å². The summed E-state index contributed by atoms with van der Waals surface area (Å²) in [5, 5.41) is 10.9. The fourth-order valence-corrected chi connectivity index (χ4v) is 2.51. The molecule has 0 spiro atoms. The smallest absolute Gasteiger partial charge is 0.283 e. The van der Waals surface area contributed by atoms with Crippen LogP contribution < -0.4 is 5.73 Å². The molecule has 0 bridgehead atoms. The topological polar surface area (TPSA) is 87.0 Å². The lowest BCUT2D eigenvalue weighted by molar-refractivity contribution is -0.385. The Morgan fingerprint density at radius 3 is 2.95 bits per heavy atom. The molecule has 0 saturated carbocycles. The van der Waals surface area contributed by atoms with E-state index >= 15 is 0 Å². The number of hydrogen-bond acceptors (Lipinski definition) is 4. The number of halogens is 1. The summed E-state index contributed by atoms with van der Waals surface area (Å²) in [5.74, 6) is 0.874. The van der Waals surface area contributed by atoms with Gasteiger partial charge in [-0.3, -0.25) is 10.1 Å². The van der Waals surface area contributed by atoms with Crippen molar-refractivity contribution >= 4 is 21.6 Å². The van der Waals surface area contributed by atoms with Crippen molar-refractivity contribution in [2.45, 2.75) is 25.9 Å². The third-order valence-corrected chi connectivity index (χ3v) is 3.82. The first kappa shape index (κ1) is 14.7. The average molecular weight is 339 g/mol. The monoisotopic (exact) mass is 338 g/mol. The molecule has 0 radical (unpaired) electrons. The molecule has 6 nitrogen and oxygen atoms in total. The molecule has 0 saturated heterocycles. The minimum atomic E-state index is -0.398. The Morgan fingerprint density at radius 1 is 1.55 bits per heavy atom. The number of nitro groups is 1. The predicted octanol–water partition coefficient (Wildman–Crippen LogP) is 2.49. The number of benzene rings is 1. The van der Waals surface area contributed by atoms with Crippen molar-refractivity contribution in [2.75, 3.05) is 0 Å². The third kappa shape index (κ3) is 3.23. The van der Waals surface area contributed by atoms with E-state index in [4.69, 9.17) is 5.73 Å². The predicted molar refractivity (Wildman–Crippen MR) is 79.5 cm³/mol. The molecule has 1 heterocycles. The molecule has 2 N–H and O–H groups in total. The second-order valence-corrected chi connectivity index (χ2v) is 5.45. The summed E-state index contributed by atoms with van der Waals surface area (Å²) in [6.45, 7) is 2.44. The molecule has 1 aromatic heterocycles. The minimum absolute atomic E-state index is 0.0182. The number of hydrogen-bond donors (Lipinski definition) is 1. The summed E-state index contributed by atoms with van der Waals surface area (Å²) in [7, 11) is 0. The van der Waals surface area contributed by atoms with Crippen molar-refractivity contribution in [3.63, 3.8) is 0 Å². The zero-order valence-corrected chi connectivity index (χ0v) is 12.6. The highest BCUT2D eigenvalue weighted by Gasteiger charge is 2.16. The number of nitrogens with zero attached hydrogens (tertiary/aromatic N) is 3. The maximum atomic E-state index is 10.9. The summed E-state index contributed by atoms with van der Waals surface area (Å²) in [4.78, 5) is 14.8. The van der Waals surface area contributed by atoms with Gasteiger partial charge in [0.25, 0.3) is 5.69 Å². The number of nitro benzene ring substituents is 1. The second-order valence-electron chi connectivity index (χ2n) is 4.66. The first-order chi connectivity index (χ1) is 9.49. The van der Waals surface area contributed by atoms with Crippen molar-refractivity contribution in [3.05, 3.63) is 56.6 Å². The summed E-state index contributed by atoms with van der Waals surface area (Å²) < 4.78 is 2.46. The molecule has 1 unspecified atom stereocenters.